The van der Waals surface area contributed by atoms with Crippen LogP contribution in [-0.4, -0.2) is 86.0 Å². The second kappa shape index (κ2) is 11.3. The first kappa shape index (κ1) is 27.6. The highest BCUT2D eigenvalue weighted by atomic mass is 16.6. The number of rotatable bonds is 7. The van der Waals surface area contributed by atoms with Gasteiger partial charge in [-0.1, -0.05) is 20.8 Å². The summed E-state index contributed by atoms with van der Waals surface area (Å²) < 4.78 is 18.1. The van der Waals surface area contributed by atoms with Gasteiger partial charge in [0, 0.05) is 43.9 Å². The number of ether oxygens (including phenoxy) is 3. The topological polar surface area (TPSA) is 132 Å². The number of fused-ring (bicyclic) bond motifs is 2. The van der Waals surface area contributed by atoms with Crippen molar-refractivity contribution in [2.75, 3.05) is 33.4 Å². The van der Waals surface area contributed by atoms with Crippen LogP contribution in [0.4, 0.5) is 4.79 Å². The molecule has 1 amide bonds. The molecular weight excluding hydrogens is 516 g/mol. The van der Waals surface area contributed by atoms with Gasteiger partial charge < -0.3 is 19.3 Å². The molecule has 3 aromatic heterocycles. The molecule has 12 heteroatoms. The Morgan fingerprint density at radius 1 is 1.15 bits per heavy atom. The SMILES string of the molecule is COc1ccc2ncc(=O)n(CCN3CCC(N(Cc4cc5c(cn4)OCCO5)C(=O)O)CC3C(C)(C)C)c2n1. The maximum Gasteiger partial charge on any atom is 0.407 e. The van der Waals surface area contributed by atoms with E-state index in [1.807, 2.05) is 0 Å². The van der Waals surface area contributed by atoms with Crippen molar-refractivity contribution < 1.29 is 24.1 Å². The third-order valence-corrected chi connectivity index (χ3v) is 7.68. The van der Waals surface area contributed by atoms with Crippen molar-refractivity contribution in [2.45, 2.75) is 58.8 Å². The van der Waals surface area contributed by atoms with Crippen molar-refractivity contribution in [3.8, 4) is 17.4 Å². The summed E-state index contributed by atoms with van der Waals surface area (Å²) in [5.41, 5.74) is 1.38. The van der Waals surface area contributed by atoms with Crippen LogP contribution in [0.25, 0.3) is 11.2 Å². The summed E-state index contributed by atoms with van der Waals surface area (Å²) in [5.74, 6) is 1.59. The van der Waals surface area contributed by atoms with Gasteiger partial charge in [0.1, 0.15) is 18.7 Å². The molecule has 0 aromatic carbocycles. The maximum absolute atomic E-state index is 12.8. The summed E-state index contributed by atoms with van der Waals surface area (Å²) in [6.45, 7) is 9.33. The molecule has 214 valence electrons. The second-order valence-corrected chi connectivity index (χ2v) is 11.3. The summed E-state index contributed by atoms with van der Waals surface area (Å²) in [6.07, 6.45) is 3.28. The number of carbonyl (C=O) groups is 1. The molecule has 0 aliphatic carbocycles. The average Bonchev–Trinajstić information content (AvgIpc) is 2.94. The zero-order chi connectivity index (χ0) is 28.4. The van der Waals surface area contributed by atoms with Gasteiger partial charge in [0.15, 0.2) is 17.1 Å². The van der Waals surface area contributed by atoms with Crippen LogP contribution in [0.5, 0.6) is 17.4 Å². The Morgan fingerprint density at radius 2 is 1.93 bits per heavy atom. The number of methoxy groups -OCH3 is 1. The predicted octanol–water partition coefficient (Wildman–Crippen LogP) is 3.03. The Hall–Kier alpha value is -3.93. The lowest BCUT2D eigenvalue weighted by Crippen LogP contribution is -2.56. The first-order valence-corrected chi connectivity index (χ1v) is 13.5. The van der Waals surface area contributed by atoms with E-state index in [9.17, 15) is 14.7 Å². The predicted molar refractivity (Wildman–Crippen MR) is 147 cm³/mol. The van der Waals surface area contributed by atoms with Crippen LogP contribution in [0.15, 0.2) is 35.4 Å². The fraction of sp³-hybridized carbons (Fsp3) is 0.536. The molecule has 2 unspecified atom stereocenters. The lowest BCUT2D eigenvalue weighted by molar-refractivity contribution is 0.0128. The zero-order valence-electron chi connectivity index (χ0n) is 23.4. The largest absolute Gasteiger partial charge is 0.486 e. The maximum atomic E-state index is 12.8. The molecule has 0 radical (unpaired) electrons. The third-order valence-electron chi connectivity index (χ3n) is 7.68. The van der Waals surface area contributed by atoms with Crippen molar-refractivity contribution in [1.29, 1.82) is 0 Å². The summed E-state index contributed by atoms with van der Waals surface area (Å²) in [4.78, 5) is 42.2. The van der Waals surface area contributed by atoms with E-state index < -0.39 is 6.09 Å². The molecule has 3 aromatic rings. The monoisotopic (exact) mass is 552 g/mol. The van der Waals surface area contributed by atoms with E-state index in [0.717, 1.165) is 0 Å². The number of piperidine rings is 1. The minimum atomic E-state index is -0.974. The standard InChI is InChI=1S/C28H36N6O6/c1-28(2,3)23-14-19(34(27(36)37)17-18-13-21-22(15-29-18)40-12-11-39-21)7-8-32(23)9-10-33-25(35)16-30-20-5-6-24(38-4)31-26(20)33/h5-6,13,15-16,19,23H,7-12,14,17H2,1-4H3,(H,36,37). The highest BCUT2D eigenvalue weighted by molar-refractivity contribution is 5.70. The van der Waals surface area contributed by atoms with Crippen molar-refractivity contribution in [1.82, 2.24) is 29.3 Å². The van der Waals surface area contributed by atoms with Gasteiger partial charge in [-0.3, -0.25) is 24.1 Å². The first-order chi connectivity index (χ1) is 19.1. The van der Waals surface area contributed by atoms with Gasteiger partial charge in [-0.05, 0) is 24.3 Å². The van der Waals surface area contributed by atoms with E-state index in [4.69, 9.17) is 14.2 Å². The van der Waals surface area contributed by atoms with Gasteiger partial charge in [-0.15, -0.1) is 0 Å². The number of hydrogen-bond donors (Lipinski definition) is 1. The quantitative estimate of drug-likeness (QED) is 0.466. The highest BCUT2D eigenvalue weighted by Crippen LogP contribution is 2.35. The molecule has 1 fully saturated rings. The third kappa shape index (κ3) is 5.81. The van der Waals surface area contributed by atoms with Crippen molar-refractivity contribution in [2.24, 2.45) is 5.41 Å². The van der Waals surface area contributed by atoms with Gasteiger partial charge in [0.2, 0.25) is 5.88 Å². The smallest absolute Gasteiger partial charge is 0.407 e. The van der Waals surface area contributed by atoms with Crippen molar-refractivity contribution in [3.05, 3.63) is 46.6 Å². The number of likely N-dealkylation sites (tertiary alicyclic amines) is 1. The molecular formula is C28H36N6O6. The van der Waals surface area contributed by atoms with Crippen molar-refractivity contribution in [3.63, 3.8) is 0 Å². The molecule has 2 atom stereocenters. The van der Waals surface area contributed by atoms with Gasteiger partial charge >= 0.3 is 6.09 Å². The molecule has 40 heavy (non-hydrogen) atoms. The summed E-state index contributed by atoms with van der Waals surface area (Å²) in [6, 6.07) is 5.19. The van der Waals surface area contributed by atoms with E-state index in [2.05, 4.69) is 40.6 Å². The molecule has 2 aliphatic heterocycles. The lowest BCUT2D eigenvalue weighted by atomic mass is 9.78. The highest BCUT2D eigenvalue weighted by Gasteiger charge is 2.39. The molecule has 12 nitrogen and oxygen atoms in total. The summed E-state index contributed by atoms with van der Waals surface area (Å²) in [5, 5.41) is 10.2. The lowest BCUT2D eigenvalue weighted by Gasteiger charge is -2.48. The summed E-state index contributed by atoms with van der Waals surface area (Å²) >= 11 is 0. The Kier molecular flexibility index (Phi) is 7.79. The van der Waals surface area contributed by atoms with E-state index in [1.165, 1.54) is 18.2 Å². The van der Waals surface area contributed by atoms with E-state index in [0.29, 0.717) is 79.9 Å². The molecule has 1 N–H and O–H groups in total. The number of hydrogen-bond acceptors (Lipinski definition) is 9. The second-order valence-electron chi connectivity index (χ2n) is 11.3. The number of amides is 1. The Labute approximate surface area is 232 Å². The number of pyridine rings is 2. The van der Waals surface area contributed by atoms with Crippen LogP contribution in [0.2, 0.25) is 0 Å². The van der Waals surface area contributed by atoms with E-state index in [-0.39, 0.29) is 29.6 Å². The van der Waals surface area contributed by atoms with E-state index in [1.54, 1.807) is 29.0 Å². The van der Waals surface area contributed by atoms with Gasteiger partial charge in [0.25, 0.3) is 5.56 Å². The van der Waals surface area contributed by atoms with Crippen molar-refractivity contribution >= 4 is 17.3 Å². The Morgan fingerprint density at radius 3 is 2.65 bits per heavy atom. The van der Waals surface area contributed by atoms with Crippen LogP contribution in [0.3, 0.4) is 0 Å². The molecule has 2 aliphatic rings. The zero-order valence-corrected chi connectivity index (χ0v) is 23.4. The first-order valence-electron chi connectivity index (χ1n) is 13.5. The molecule has 5 heterocycles. The fourth-order valence-corrected chi connectivity index (χ4v) is 5.63. The van der Waals surface area contributed by atoms with Crippen LogP contribution in [-0.2, 0) is 13.1 Å². The van der Waals surface area contributed by atoms with Crippen LogP contribution < -0.4 is 19.8 Å². The Bertz CT molecular complexity index is 1440. The molecule has 0 spiro atoms. The molecule has 1 saturated heterocycles. The van der Waals surface area contributed by atoms with Gasteiger partial charge in [-0.2, -0.15) is 4.98 Å². The minimum Gasteiger partial charge on any atom is -0.486 e. The normalized spacial score (nSPS) is 19.4. The van der Waals surface area contributed by atoms with Crippen LogP contribution >= 0.6 is 0 Å². The number of nitrogens with zero attached hydrogens (tertiary/aromatic N) is 6. The molecule has 0 bridgehead atoms. The average molecular weight is 553 g/mol. The van der Waals surface area contributed by atoms with Gasteiger partial charge in [-0.25, -0.2) is 9.78 Å². The number of carboxylic acid groups (broad SMARTS) is 1. The minimum absolute atomic E-state index is 0.0904. The molecule has 0 saturated carbocycles. The molecule has 5 rings (SSSR count). The number of aromatic nitrogens is 4. The Balaban J connectivity index is 1.33. The fourth-order valence-electron chi connectivity index (χ4n) is 5.63. The van der Waals surface area contributed by atoms with E-state index >= 15 is 0 Å². The van der Waals surface area contributed by atoms with Crippen LogP contribution in [0.1, 0.15) is 39.3 Å². The summed E-state index contributed by atoms with van der Waals surface area (Å²) in [7, 11) is 1.54. The van der Waals surface area contributed by atoms with Crippen LogP contribution in [0, 0.1) is 5.41 Å². The van der Waals surface area contributed by atoms with Gasteiger partial charge in [0.05, 0.1) is 31.7 Å².